The molecule has 0 atom stereocenters. The maximum atomic E-state index is 12.3. The molecule has 1 amide bonds. The lowest BCUT2D eigenvalue weighted by atomic mass is 10.1. The van der Waals surface area contributed by atoms with Gasteiger partial charge in [-0.3, -0.25) is 4.79 Å². The average molecular weight is 447 g/mol. The minimum Gasteiger partial charge on any atom is -0.491 e. The fourth-order valence-electron chi connectivity index (χ4n) is 3.13. The molecular formula is C23H25N7O3. The van der Waals surface area contributed by atoms with E-state index in [4.69, 9.17) is 9.47 Å². The topological polar surface area (TPSA) is 116 Å². The van der Waals surface area contributed by atoms with Crippen molar-refractivity contribution in [1.82, 2.24) is 29.9 Å². The smallest absolute Gasteiger partial charge is 0.269 e. The average Bonchev–Trinajstić information content (AvgIpc) is 3.23. The van der Waals surface area contributed by atoms with Gasteiger partial charge in [0.05, 0.1) is 14.2 Å². The number of rotatable bonds is 8. The molecule has 33 heavy (non-hydrogen) atoms. The summed E-state index contributed by atoms with van der Waals surface area (Å²) >= 11 is 0. The molecule has 0 aliphatic rings. The molecule has 2 N–H and O–H groups in total. The number of anilines is 2. The summed E-state index contributed by atoms with van der Waals surface area (Å²) in [6.45, 7) is 4.66. The van der Waals surface area contributed by atoms with E-state index >= 15 is 0 Å². The van der Waals surface area contributed by atoms with E-state index in [0.717, 1.165) is 11.1 Å². The van der Waals surface area contributed by atoms with Crippen molar-refractivity contribution in [1.29, 1.82) is 0 Å². The molecule has 0 spiro atoms. The van der Waals surface area contributed by atoms with Crippen molar-refractivity contribution in [3.63, 3.8) is 0 Å². The van der Waals surface area contributed by atoms with Gasteiger partial charge in [-0.25, -0.2) is 14.5 Å². The number of amides is 1. The summed E-state index contributed by atoms with van der Waals surface area (Å²) < 4.78 is 12.2. The van der Waals surface area contributed by atoms with Gasteiger partial charge in [-0.2, -0.15) is 4.98 Å². The molecule has 4 rings (SSSR count). The number of pyridine rings is 3. The van der Waals surface area contributed by atoms with Crippen LogP contribution in [0.25, 0.3) is 16.8 Å². The Kier molecular flexibility index (Phi) is 6.34. The zero-order chi connectivity index (χ0) is 23.4. The highest BCUT2D eigenvalue weighted by atomic mass is 16.5. The lowest BCUT2D eigenvalue weighted by Crippen LogP contribution is -2.28. The fourth-order valence-corrected chi connectivity index (χ4v) is 3.13. The van der Waals surface area contributed by atoms with Crippen molar-refractivity contribution in [2.75, 3.05) is 26.1 Å². The summed E-state index contributed by atoms with van der Waals surface area (Å²) in [7, 11) is 3.11. The molecule has 0 saturated carbocycles. The molecule has 0 saturated heterocycles. The van der Waals surface area contributed by atoms with E-state index in [2.05, 4.69) is 30.7 Å². The second kappa shape index (κ2) is 9.51. The first-order chi connectivity index (χ1) is 16.0. The predicted molar refractivity (Wildman–Crippen MR) is 124 cm³/mol. The number of aromatic nitrogens is 5. The van der Waals surface area contributed by atoms with Gasteiger partial charge < -0.3 is 20.1 Å². The highest BCUT2D eigenvalue weighted by Crippen LogP contribution is 2.30. The van der Waals surface area contributed by atoms with Gasteiger partial charge in [-0.15, -0.1) is 5.10 Å². The summed E-state index contributed by atoms with van der Waals surface area (Å²) in [6, 6.07) is 10.8. The Morgan fingerprint density at radius 3 is 2.70 bits per heavy atom. The maximum Gasteiger partial charge on any atom is 0.269 e. The highest BCUT2D eigenvalue weighted by molar-refractivity contribution is 5.92. The van der Waals surface area contributed by atoms with Crippen LogP contribution in [-0.4, -0.2) is 51.2 Å². The number of fused-ring (bicyclic) bond motifs is 1. The number of nitrogens with zero attached hydrogens (tertiary/aromatic N) is 5. The Morgan fingerprint density at radius 1 is 1.09 bits per heavy atom. The van der Waals surface area contributed by atoms with Crippen molar-refractivity contribution in [3.8, 4) is 22.8 Å². The molecule has 10 heteroatoms. The summed E-state index contributed by atoms with van der Waals surface area (Å²) in [5.74, 6) is 1.94. The van der Waals surface area contributed by atoms with Crippen molar-refractivity contribution in [3.05, 3.63) is 54.5 Å². The van der Waals surface area contributed by atoms with Crippen LogP contribution in [0.15, 0.2) is 48.8 Å². The molecule has 0 aliphatic carbocycles. The Labute approximate surface area is 191 Å². The highest BCUT2D eigenvalue weighted by Gasteiger charge is 2.12. The zero-order valence-corrected chi connectivity index (χ0v) is 18.9. The molecule has 4 aromatic heterocycles. The molecule has 4 heterocycles. The minimum atomic E-state index is -0.219. The first-order valence-corrected chi connectivity index (χ1v) is 10.4. The number of ether oxygens (including phenoxy) is 2. The third kappa shape index (κ3) is 5.00. The van der Waals surface area contributed by atoms with Gasteiger partial charge in [0.25, 0.3) is 11.8 Å². The van der Waals surface area contributed by atoms with Gasteiger partial charge in [0.2, 0.25) is 5.95 Å². The second-order valence-electron chi connectivity index (χ2n) is 7.73. The minimum absolute atomic E-state index is 0.219. The van der Waals surface area contributed by atoms with Crippen molar-refractivity contribution >= 4 is 23.3 Å². The fraction of sp³-hybridized carbons (Fsp3) is 0.261. The molecule has 0 fully saturated rings. The monoisotopic (exact) mass is 447 g/mol. The Hall–Kier alpha value is -4.21. The quantitative estimate of drug-likeness (QED) is 0.423. The van der Waals surface area contributed by atoms with Crippen LogP contribution in [-0.2, 0) is 0 Å². The molecule has 0 bridgehead atoms. The molecule has 0 unspecified atom stereocenters. The van der Waals surface area contributed by atoms with Crippen molar-refractivity contribution in [2.45, 2.75) is 13.8 Å². The van der Waals surface area contributed by atoms with E-state index in [1.54, 1.807) is 43.1 Å². The number of nitrogens with one attached hydrogen (secondary N) is 2. The number of methoxy groups -OCH3 is 2. The van der Waals surface area contributed by atoms with E-state index < -0.39 is 0 Å². The van der Waals surface area contributed by atoms with Crippen LogP contribution in [0.1, 0.15) is 24.3 Å². The van der Waals surface area contributed by atoms with Gasteiger partial charge >= 0.3 is 0 Å². The van der Waals surface area contributed by atoms with Crippen LogP contribution in [0.2, 0.25) is 0 Å². The van der Waals surface area contributed by atoms with E-state index in [1.807, 2.05) is 38.2 Å². The first kappa shape index (κ1) is 22.0. The molecule has 10 nitrogen and oxygen atoms in total. The third-order valence-electron chi connectivity index (χ3n) is 4.79. The largest absolute Gasteiger partial charge is 0.491 e. The molecule has 0 aliphatic heterocycles. The van der Waals surface area contributed by atoms with Crippen LogP contribution < -0.4 is 20.1 Å². The summed E-state index contributed by atoms with van der Waals surface area (Å²) in [6.07, 6.45) is 3.55. The van der Waals surface area contributed by atoms with E-state index in [-0.39, 0.29) is 5.91 Å². The van der Waals surface area contributed by atoms with E-state index in [9.17, 15) is 4.79 Å². The first-order valence-electron chi connectivity index (χ1n) is 10.4. The molecule has 4 aromatic rings. The normalized spacial score (nSPS) is 10.9. The van der Waals surface area contributed by atoms with Crippen LogP contribution in [0.4, 0.5) is 11.8 Å². The van der Waals surface area contributed by atoms with E-state index in [1.165, 1.54) is 0 Å². The summed E-state index contributed by atoms with van der Waals surface area (Å²) in [4.78, 5) is 25.4. The summed E-state index contributed by atoms with van der Waals surface area (Å²) in [5.41, 5.74) is 2.71. The molecule has 0 aromatic carbocycles. The second-order valence-corrected chi connectivity index (χ2v) is 7.73. The number of carbonyl (C=O) groups is 1. The lowest BCUT2D eigenvalue weighted by Gasteiger charge is -2.08. The summed E-state index contributed by atoms with van der Waals surface area (Å²) in [5, 5.41) is 10.4. The van der Waals surface area contributed by atoms with E-state index in [0.29, 0.717) is 47.2 Å². The van der Waals surface area contributed by atoms with Crippen LogP contribution in [0.3, 0.4) is 0 Å². The van der Waals surface area contributed by atoms with Crippen molar-refractivity contribution < 1.29 is 14.3 Å². The van der Waals surface area contributed by atoms with Crippen LogP contribution >= 0.6 is 0 Å². The molecule has 0 radical (unpaired) electrons. The van der Waals surface area contributed by atoms with Crippen molar-refractivity contribution in [2.24, 2.45) is 5.92 Å². The van der Waals surface area contributed by atoms with Gasteiger partial charge in [0.1, 0.15) is 11.5 Å². The standard InChI is InChI=1S/C23H25N7O3/c1-14(2)11-24-21(31)17-6-5-7-19(26-17)27-23-28-20-9-8-15(13-30(20)29-23)16-10-18(32-3)22(33-4)25-12-16/h5-10,12-14H,11H2,1-4H3,(H,24,31)(H,26,27,29). The van der Waals surface area contributed by atoms with Crippen LogP contribution in [0.5, 0.6) is 11.6 Å². The molecule has 170 valence electrons. The van der Waals surface area contributed by atoms with Gasteiger partial charge in [-0.1, -0.05) is 19.9 Å². The Balaban J connectivity index is 1.55. The van der Waals surface area contributed by atoms with Gasteiger partial charge in [0, 0.05) is 30.1 Å². The maximum absolute atomic E-state index is 12.3. The van der Waals surface area contributed by atoms with Crippen LogP contribution in [0, 0.1) is 5.92 Å². The molecular weight excluding hydrogens is 422 g/mol. The number of carbonyl (C=O) groups excluding carboxylic acids is 1. The number of hydrogen-bond acceptors (Lipinski definition) is 8. The van der Waals surface area contributed by atoms with Gasteiger partial charge in [-0.05, 0) is 36.2 Å². The predicted octanol–water partition coefficient (Wildman–Crippen LogP) is 3.33. The Bertz CT molecular complexity index is 1290. The third-order valence-corrected chi connectivity index (χ3v) is 4.79. The zero-order valence-electron chi connectivity index (χ0n) is 18.9. The lowest BCUT2D eigenvalue weighted by molar-refractivity contribution is 0.0944. The SMILES string of the molecule is COc1cc(-c2ccc3nc(Nc4cccc(C(=O)NCC(C)C)n4)nn3c2)cnc1OC. The van der Waals surface area contributed by atoms with Gasteiger partial charge in [0.15, 0.2) is 11.4 Å². The number of hydrogen-bond donors (Lipinski definition) is 2. The Morgan fingerprint density at radius 2 is 1.94 bits per heavy atom.